The van der Waals surface area contributed by atoms with Gasteiger partial charge in [-0.1, -0.05) is 0 Å². The molecule has 1 aliphatic heterocycles. The van der Waals surface area contributed by atoms with E-state index in [2.05, 4.69) is 0 Å². The van der Waals surface area contributed by atoms with Crippen LogP contribution < -0.4 is 0 Å². The smallest absolute Gasteiger partial charge is 0.406 e. The second-order valence-electron chi connectivity index (χ2n) is 3.77. The zero-order valence-electron chi connectivity index (χ0n) is 8.62. The molecule has 1 unspecified atom stereocenters. The Bertz CT molecular complexity index is 447. The highest BCUT2D eigenvalue weighted by Gasteiger charge is 2.65. The van der Waals surface area contributed by atoms with Gasteiger partial charge in [0.1, 0.15) is 0 Å². The summed E-state index contributed by atoms with van der Waals surface area (Å²) in [6.07, 6.45) is -6.30. The van der Waals surface area contributed by atoms with Crippen molar-refractivity contribution in [2.24, 2.45) is 5.41 Å². The average Bonchev–Trinajstić information content (AvgIpc) is 2.61. The fourth-order valence-corrected chi connectivity index (χ4v) is 2.60. The summed E-state index contributed by atoms with van der Waals surface area (Å²) < 4.78 is 84.1. The Balaban J connectivity index is 3.11. The molecule has 0 aromatic rings. The fourth-order valence-electron chi connectivity index (χ4n) is 1.63. The van der Waals surface area contributed by atoms with Gasteiger partial charge in [-0.15, -0.1) is 0 Å². The topological polar surface area (TPSA) is 74.7 Å². The number of carbonyl (C=O) groups is 1. The maximum absolute atomic E-state index is 12.6. The van der Waals surface area contributed by atoms with Gasteiger partial charge in [-0.2, -0.15) is 26.3 Å². The van der Waals surface area contributed by atoms with E-state index >= 15 is 0 Å². The lowest BCUT2D eigenvalue weighted by Gasteiger charge is -2.26. The highest BCUT2D eigenvalue weighted by molar-refractivity contribution is 7.89. The van der Waals surface area contributed by atoms with E-state index in [1.54, 1.807) is 0 Å². The number of carboxylic acid groups (broad SMARTS) is 1. The Kier molecular flexibility index (Phi) is 3.60. The molecule has 0 radical (unpaired) electrons. The summed E-state index contributed by atoms with van der Waals surface area (Å²) in [5.41, 5.74) is -3.32. The van der Waals surface area contributed by atoms with Gasteiger partial charge in [0.2, 0.25) is 0 Å². The van der Waals surface area contributed by atoms with Crippen LogP contribution >= 0.6 is 0 Å². The van der Waals surface area contributed by atoms with E-state index in [4.69, 9.17) is 5.11 Å². The van der Waals surface area contributed by atoms with Gasteiger partial charge in [-0.25, -0.2) is 8.42 Å². The van der Waals surface area contributed by atoms with Gasteiger partial charge in [0.25, 0.3) is 10.0 Å². The van der Waals surface area contributed by atoms with Crippen molar-refractivity contribution >= 4 is 16.0 Å². The second-order valence-corrected chi connectivity index (χ2v) is 5.68. The maximum atomic E-state index is 12.6. The fraction of sp³-hybridized carbons (Fsp3) is 0.857. The van der Waals surface area contributed by atoms with Crippen molar-refractivity contribution < 1.29 is 40.3 Å². The number of rotatable bonds is 3. The third kappa shape index (κ3) is 2.16. The summed E-state index contributed by atoms with van der Waals surface area (Å²) in [7, 11) is -5.20. The van der Waals surface area contributed by atoms with Crippen molar-refractivity contribution in [3.63, 3.8) is 0 Å². The number of aliphatic carboxylic acids is 1. The molecule has 1 saturated heterocycles. The Labute approximate surface area is 98.2 Å². The predicted molar refractivity (Wildman–Crippen MR) is 47.2 cm³/mol. The van der Waals surface area contributed by atoms with Gasteiger partial charge in [0, 0.05) is 13.1 Å². The Morgan fingerprint density at radius 1 is 1.33 bits per heavy atom. The Morgan fingerprint density at radius 2 is 1.83 bits per heavy atom. The molecule has 0 saturated carbocycles. The molecule has 0 aromatic carbocycles. The largest absolute Gasteiger partial charge is 0.481 e. The highest BCUT2D eigenvalue weighted by atomic mass is 32.2. The van der Waals surface area contributed by atoms with E-state index in [-0.39, 0.29) is 4.31 Å². The van der Waals surface area contributed by atoms with Crippen LogP contribution in [0.5, 0.6) is 0 Å². The number of sulfonamides is 1. The normalized spacial score (nSPS) is 26.8. The summed E-state index contributed by atoms with van der Waals surface area (Å²) in [5.74, 6) is -6.16. The average molecular weight is 297 g/mol. The lowest BCUT2D eigenvalue weighted by molar-refractivity contribution is -0.226. The third-order valence-electron chi connectivity index (χ3n) is 2.77. The molecule has 0 aromatic heterocycles. The van der Waals surface area contributed by atoms with Crippen molar-refractivity contribution in [3.05, 3.63) is 0 Å². The number of halogens is 5. The standard InChI is InChI=1S/C7H8F5NO4S/c8-5(9)18(16,17)13-2-1-6(3-13,4(14)15)7(10,11)12/h5H,1-3H2,(H,14,15). The lowest BCUT2D eigenvalue weighted by Crippen LogP contribution is -2.48. The van der Waals surface area contributed by atoms with Gasteiger partial charge >= 0.3 is 17.9 Å². The minimum absolute atomic E-state index is 0.140. The van der Waals surface area contributed by atoms with Crippen LogP contribution in [0.15, 0.2) is 0 Å². The van der Waals surface area contributed by atoms with E-state index in [9.17, 15) is 35.2 Å². The van der Waals surface area contributed by atoms with E-state index < -0.39 is 52.9 Å². The molecular weight excluding hydrogens is 289 g/mol. The molecule has 1 heterocycles. The molecular formula is C7H8F5NO4S. The molecule has 1 rings (SSSR count). The Hall–Kier alpha value is -0.970. The van der Waals surface area contributed by atoms with E-state index in [0.717, 1.165) is 0 Å². The molecule has 1 aliphatic rings. The first-order valence-corrected chi connectivity index (χ1v) is 6.03. The number of hydrogen-bond acceptors (Lipinski definition) is 3. The van der Waals surface area contributed by atoms with E-state index in [1.807, 2.05) is 0 Å². The summed E-state index contributed by atoms with van der Waals surface area (Å²) in [6, 6.07) is 0. The lowest BCUT2D eigenvalue weighted by atomic mass is 9.86. The van der Waals surface area contributed by atoms with Gasteiger partial charge in [-0.05, 0) is 6.42 Å². The predicted octanol–water partition coefficient (Wildman–Crippen LogP) is 0.878. The van der Waals surface area contributed by atoms with Crippen LogP contribution in [-0.4, -0.2) is 48.8 Å². The molecule has 11 heteroatoms. The van der Waals surface area contributed by atoms with Crippen molar-refractivity contribution in [2.75, 3.05) is 13.1 Å². The number of alkyl halides is 5. The van der Waals surface area contributed by atoms with Crippen molar-refractivity contribution in [1.29, 1.82) is 0 Å². The summed E-state index contributed by atoms with van der Waals surface area (Å²) in [6.45, 7) is -2.43. The van der Waals surface area contributed by atoms with Crippen LogP contribution in [0.4, 0.5) is 22.0 Å². The van der Waals surface area contributed by atoms with Gasteiger partial charge < -0.3 is 5.11 Å². The second kappa shape index (κ2) is 4.30. The summed E-state index contributed by atoms with van der Waals surface area (Å²) in [4.78, 5) is 10.7. The first kappa shape index (κ1) is 15.1. The van der Waals surface area contributed by atoms with Crippen LogP contribution in [0.25, 0.3) is 0 Å². The molecule has 1 N–H and O–H groups in total. The van der Waals surface area contributed by atoms with Crippen molar-refractivity contribution in [2.45, 2.75) is 18.4 Å². The molecule has 106 valence electrons. The van der Waals surface area contributed by atoms with Gasteiger partial charge in [-0.3, -0.25) is 4.79 Å². The summed E-state index contributed by atoms with van der Waals surface area (Å²) in [5, 5.41) is 8.59. The zero-order chi connectivity index (χ0) is 14.4. The van der Waals surface area contributed by atoms with E-state index in [0.29, 0.717) is 0 Å². The van der Waals surface area contributed by atoms with Gasteiger partial charge in [0.05, 0.1) is 0 Å². The van der Waals surface area contributed by atoms with Gasteiger partial charge in [0.15, 0.2) is 5.41 Å². The third-order valence-corrected chi connectivity index (χ3v) is 4.25. The minimum atomic E-state index is -5.22. The van der Waals surface area contributed by atoms with Crippen LogP contribution in [0, 0.1) is 5.41 Å². The maximum Gasteiger partial charge on any atom is 0.406 e. The molecule has 0 spiro atoms. The quantitative estimate of drug-likeness (QED) is 0.785. The number of nitrogens with zero attached hydrogens (tertiary/aromatic N) is 1. The minimum Gasteiger partial charge on any atom is -0.481 e. The first-order valence-electron chi connectivity index (χ1n) is 4.52. The molecule has 0 aliphatic carbocycles. The van der Waals surface area contributed by atoms with Crippen LogP contribution in [0.1, 0.15) is 6.42 Å². The molecule has 0 amide bonds. The molecule has 0 bridgehead atoms. The monoisotopic (exact) mass is 297 g/mol. The van der Waals surface area contributed by atoms with Crippen LogP contribution in [0.2, 0.25) is 0 Å². The van der Waals surface area contributed by atoms with Crippen molar-refractivity contribution in [3.8, 4) is 0 Å². The number of carboxylic acids is 1. The van der Waals surface area contributed by atoms with E-state index in [1.165, 1.54) is 0 Å². The Morgan fingerprint density at radius 3 is 2.11 bits per heavy atom. The zero-order valence-corrected chi connectivity index (χ0v) is 9.43. The first-order chi connectivity index (χ1) is 7.95. The van der Waals surface area contributed by atoms with Crippen LogP contribution in [-0.2, 0) is 14.8 Å². The summed E-state index contributed by atoms with van der Waals surface area (Å²) >= 11 is 0. The number of hydrogen-bond donors (Lipinski definition) is 1. The highest BCUT2D eigenvalue weighted by Crippen LogP contribution is 2.46. The SMILES string of the molecule is O=C(O)C1(C(F)(F)F)CCN(S(=O)(=O)C(F)F)C1. The van der Waals surface area contributed by atoms with Crippen molar-refractivity contribution in [1.82, 2.24) is 4.31 Å². The molecule has 1 atom stereocenters. The molecule has 1 fully saturated rings. The molecule has 18 heavy (non-hydrogen) atoms. The molecule has 5 nitrogen and oxygen atoms in total. The van der Waals surface area contributed by atoms with Crippen LogP contribution in [0.3, 0.4) is 0 Å².